The minimum absolute atomic E-state index is 0.205. The predicted molar refractivity (Wildman–Crippen MR) is 106 cm³/mol. The normalized spacial score (nSPS) is 25.2. The molecule has 3 rings (SSSR count). The van der Waals surface area contributed by atoms with Crippen LogP contribution in [0, 0.1) is 0 Å². The third-order valence-electron chi connectivity index (χ3n) is 4.70. The van der Waals surface area contributed by atoms with Crippen molar-refractivity contribution in [2.24, 2.45) is 4.99 Å². The van der Waals surface area contributed by atoms with E-state index in [9.17, 15) is 8.42 Å². The summed E-state index contributed by atoms with van der Waals surface area (Å²) in [6, 6.07) is 3.83. The summed E-state index contributed by atoms with van der Waals surface area (Å²) in [7, 11) is -3.25. The van der Waals surface area contributed by atoms with Crippen molar-refractivity contribution in [3.8, 4) is 0 Å². The van der Waals surface area contributed by atoms with Crippen molar-refractivity contribution in [2.45, 2.75) is 58.0 Å². The number of nitrogens with one attached hydrogen (secondary N) is 2. The Hall–Kier alpha value is -1.67. The van der Waals surface area contributed by atoms with Gasteiger partial charge in [-0.05, 0) is 45.7 Å². The van der Waals surface area contributed by atoms with Crippen LogP contribution in [0.3, 0.4) is 0 Å². The van der Waals surface area contributed by atoms with Crippen LogP contribution in [0.1, 0.15) is 47.0 Å². The lowest BCUT2D eigenvalue weighted by Gasteiger charge is -2.39. The Morgan fingerprint density at radius 3 is 2.85 bits per heavy atom. The molecule has 1 spiro atoms. The summed E-state index contributed by atoms with van der Waals surface area (Å²) in [5.41, 5.74) is 0.0635. The zero-order chi connectivity index (χ0) is 19.0. The first-order valence-corrected chi connectivity index (χ1v) is 10.8. The summed E-state index contributed by atoms with van der Waals surface area (Å²) in [6.45, 7) is 9.00. The minimum atomic E-state index is -3.25. The van der Waals surface area contributed by atoms with Gasteiger partial charge < -0.3 is 10.6 Å². The molecule has 1 fully saturated rings. The van der Waals surface area contributed by atoms with Gasteiger partial charge in [0, 0.05) is 19.3 Å². The van der Waals surface area contributed by atoms with Crippen LogP contribution in [-0.4, -0.2) is 53.5 Å². The Bertz CT molecular complexity index is 800. The van der Waals surface area contributed by atoms with E-state index in [4.69, 9.17) is 4.99 Å². The van der Waals surface area contributed by atoms with Crippen LogP contribution >= 0.6 is 0 Å². The largest absolute Gasteiger partial charge is 0.369 e. The van der Waals surface area contributed by atoms with E-state index in [1.807, 2.05) is 39.8 Å². The van der Waals surface area contributed by atoms with Gasteiger partial charge in [0.05, 0.1) is 17.0 Å². The summed E-state index contributed by atoms with van der Waals surface area (Å²) < 4.78 is 27.0. The number of nitrogens with zero attached hydrogens (tertiary/aromatic N) is 3. The number of fused-ring (bicyclic) bond motifs is 1. The van der Waals surface area contributed by atoms with Gasteiger partial charge in [0.1, 0.15) is 11.4 Å². The molecule has 3 heterocycles. The van der Waals surface area contributed by atoms with Crippen LogP contribution < -0.4 is 10.6 Å². The second kappa shape index (κ2) is 6.81. The van der Waals surface area contributed by atoms with Crippen LogP contribution in [-0.2, 0) is 10.0 Å². The average Bonchev–Trinajstić information content (AvgIpc) is 2.98. The Kier molecular flexibility index (Phi) is 5.00. The van der Waals surface area contributed by atoms with Gasteiger partial charge in [0.15, 0.2) is 5.82 Å². The van der Waals surface area contributed by atoms with Crippen molar-refractivity contribution in [3.63, 3.8) is 0 Å². The zero-order valence-electron chi connectivity index (χ0n) is 16.0. The molecule has 1 unspecified atom stereocenters. The molecule has 26 heavy (non-hydrogen) atoms. The summed E-state index contributed by atoms with van der Waals surface area (Å²) in [4.78, 5) is 9.24. The average molecular weight is 380 g/mol. The molecular weight excluding hydrogens is 350 g/mol. The van der Waals surface area contributed by atoms with Gasteiger partial charge in [-0.25, -0.2) is 13.4 Å². The number of hydrogen-bond donors (Lipinski definition) is 2. The van der Waals surface area contributed by atoms with E-state index in [-0.39, 0.29) is 11.3 Å². The maximum absolute atomic E-state index is 12.7. The lowest BCUT2D eigenvalue weighted by atomic mass is 9.93. The maximum atomic E-state index is 12.7. The molecule has 0 radical (unpaired) electrons. The van der Waals surface area contributed by atoms with Gasteiger partial charge in [-0.3, -0.25) is 4.99 Å². The number of sulfonamides is 1. The lowest BCUT2D eigenvalue weighted by molar-refractivity contribution is 0.464. The fourth-order valence-electron chi connectivity index (χ4n) is 3.39. The predicted octanol–water partition coefficient (Wildman–Crippen LogP) is 2.69. The molecule has 0 amide bonds. The van der Waals surface area contributed by atoms with E-state index in [0.717, 1.165) is 23.8 Å². The molecule has 1 atom stereocenters. The summed E-state index contributed by atoms with van der Waals surface area (Å²) in [5, 5.41) is 6.90. The third-order valence-corrected chi connectivity index (χ3v) is 6.61. The number of anilines is 2. The van der Waals surface area contributed by atoms with E-state index in [0.29, 0.717) is 25.9 Å². The van der Waals surface area contributed by atoms with Gasteiger partial charge in [-0.2, -0.15) is 4.31 Å². The van der Waals surface area contributed by atoms with E-state index in [2.05, 4.69) is 15.6 Å². The fraction of sp³-hybridized carbons (Fsp3) is 0.667. The second-order valence-corrected chi connectivity index (χ2v) is 10.2. The van der Waals surface area contributed by atoms with Crippen molar-refractivity contribution in [1.82, 2.24) is 9.29 Å². The smallest absolute Gasteiger partial charge is 0.214 e. The molecule has 0 saturated carbocycles. The van der Waals surface area contributed by atoms with Gasteiger partial charge in [0.2, 0.25) is 10.0 Å². The first kappa shape index (κ1) is 19.1. The van der Waals surface area contributed by atoms with Crippen LogP contribution in [0.15, 0.2) is 23.3 Å². The Morgan fingerprint density at radius 1 is 1.38 bits per heavy atom. The van der Waals surface area contributed by atoms with E-state index in [1.54, 1.807) is 10.5 Å². The zero-order valence-corrected chi connectivity index (χ0v) is 16.9. The molecular formula is C18H29N5O2S. The molecule has 0 bridgehead atoms. The van der Waals surface area contributed by atoms with E-state index in [1.165, 1.54) is 0 Å². The standard InChI is InChI=1S/C18H29N5O2S/c1-5-6-12-26(24,25)23-11-9-18(13-23)16(22-17(2,3)4)20-15-14(21-18)8-7-10-19-15/h7-8,10,21H,5-6,9,11-13H2,1-4H3,(H,19,20,22). The van der Waals surface area contributed by atoms with Crippen molar-refractivity contribution in [2.75, 3.05) is 29.5 Å². The molecule has 1 aromatic heterocycles. The maximum Gasteiger partial charge on any atom is 0.214 e. The van der Waals surface area contributed by atoms with Gasteiger partial charge >= 0.3 is 0 Å². The summed E-state index contributed by atoms with van der Waals surface area (Å²) in [5.74, 6) is 1.70. The molecule has 1 aromatic rings. The number of rotatable bonds is 4. The topological polar surface area (TPSA) is 86.7 Å². The summed E-state index contributed by atoms with van der Waals surface area (Å²) >= 11 is 0. The van der Waals surface area contributed by atoms with Crippen LogP contribution in [0.25, 0.3) is 0 Å². The van der Waals surface area contributed by atoms with Gasteiger partial charge in [0.25, 0.3) is 0 Å². The van der Waals surface area contributed by atoms with Crippen molar-refractivity contribution in [3.05, 3.63) is 18.3 Å². The van der Waals surface area contributed by atoms with Crippen LogP contribution in [0.4, 0.5) is 11.5 Å². The van der Waals surface area contributed by atoms with Gasteiger partial charge in [-0.1, -0.05) is 13.3 Å². The molecule has 0 aliphatic carbocycles. The number of hydrogen-bond acceptors (Lipinski definition) is 5. The highest BCUT2D eigenvalue weighted by Gasteiger charge is 2.49. The molecule has 0 aromatic carbocycles. The van der Waals surface area contributed by atoms with E-state index < -0.39 is 15.6 Å². The highest BCUT2D eigenvalue weighted by molar-refractivity contribution is 7.89. The molecule has 2 N–H and O–H groups in total. The quantitative estimate of drug-likeness (QED) is 0.840. The van der Waals surface area contributed by atoms with E-state index >= 15 is 0 Å². The first-order valence-electron chi connectivity index (χ1n) is 9.24. The number of pyridine rings is 1. The number of aliphatic imine (C=N–C) groups is 1. The molecule has 1 saturated heterocycles. The Morgan fingerprint density at radius 2 is 2.15 bits per heavy atom. The SMILES string of the molecule is CCCCS(=O)(=O)N1CCC2(C1)Nc1cccnc1NC2=NC(C)(C)C. The molecule has 2 aliphatic heterocycles. The number of amidine groups is 1. The summed E-state index contributed by atoms with van der Waals surface area (Å²) in [6.07, 6.45) is 3.96. The minimum Gasteiger partial charge on any atom is -0.369 e. The molecule has 144 valence electrons. The Labute approximate surface area is 156 Å². The number of unbranched alkanes of at least 4 members (excludes halogenated alkanes) is 1. The van der Waals surface area contributed by atoms with Crippen molar-refractivity contribution >= 4 is 27.4 Å². The molecule has 8 heteroatoms. The fourth-order valence-corrected chi connectivity index (χ4v) is 5.09. The van der Waals surface area contributed by atoms with Gasteiger partial charge in [-0.15, -0.1) is 0 Å². The molecule has 2 aliphatic rings. The van der Waals surface area contributed by atoms with Crippen molar-refractivity contribution < 1.29 is 8.42 Å². The highest BCUT2D eigenvalue weighted by Crippen LogP contribution is 2.37. The van der Waals surface area contributed by atoms with Crippen LogP contribution in [0.2, 0.25) is 0 Å². The monoisotopic (exact) mass is 379 g/mol. The lowest BCUT2D eigenvalue weighted by Crippen LogP contribution is -2.55. The third kappa shape index (κ3) is 3.86. The van der Waals surface area contributed by atoms with Crippen LogP contribution in [0.5, 0.6) is 0 Å². The Balaban J connectivity index is 1.94. The van der Waals surface area contributed by atoms with Crippen molar-refractivity contribution in [1.29, 1.82) is 0 Å². The molecule has 7 nitrogen and oxygen atoms in total. The highest BCUT2D eigenvalue weighted by atomic mass is 32.2. The number of aromatic nitrogens is 1. The second-order valence-electron chi connectivity index (χ2n) is 8.12. The first-order chi connectivity index (χ1) is 12.2.